The maximum absolute atomic E-state index is 13.9. The van der Waals surface area contributed by atoms with Gasteiger partial charge < -0.3 is 19.1 Å². The van der Waals surface area contributed by atoms with Crippen molar-refractivity contribution >= 4 is 45.5 Å². The Bertz CT molecular complexity index is 2070. The maximum Gasteiger partial charge on any atom is 0.410 e. The highest BCUT2D eigenvalue weighted by molar-refractivity contribution is 6.06. The molecule has 3 aromatic carbocycles. The zero-order valence-electron chi connectivity index (χ0n) is 32.9. The molecule has 11 heteroatoms. The summed E-state index contributed by atoms with van der Waals surface area (Å²) >= 11 is 0. The summed E-state index contributed by atoms with van der Waals surface area (Å²) < 4.78 is 44.1. The molecule has 0 N–H and O–H groups in total. The number of fused-ring (bicyclic) bond motifs is 3. The van der Waals surface area contributed by atoms with Gasteiger partial charge in [0.05, 0.1) is 24.4 Å². The number of ether oxygens (including phenoxy) is 3. The van der Waals surface area contributed by atoms with Crippen LogP contribution in [0.25, 0.3) is 27.5 Å². The molecule has 2 fully saturated rings. The Morgan fingerprint density at radius 1 is 0.945 bits per heavy atom. The van der Waals surface area contributed by atoms with Gasteiger partial charge in [0.1, 0.15) is 11.4 Å². The number of amides is 2. The van der Waals surface area contributed by atoms with Gasteiger partial charge in [0.25, 0.3) is 0 Å². The highest BCUT2D eigenvalue weighted by Gasteiger charge is 2.42. The molecule has 292 valence electrons. The molecule has 2 saturated heterocycles. The molecule has 0 aliphatic carbocycles. The summed E-state index contributed by atoms with van der Waals surface area (Å²) in [5.74, 6) is 0.608. The number of carbonyl (C=O) groups excluding carboxylic acids is 2. The summed E-state index contributed by atoms with van der Waals surface area (Å²) in [5, 5.41) is 1.97. The largest absolute Gasteiger partial charge is 0.444 e. The van der Waals surface area contributed by atoms with E-state index in [4.69, 9.17) is 24.2 Å². The number of hydrogen-bond donors (Lipinski definition) is 0. The van der Waals surface area contributed by atoms with Crippen LogP contribution in [0.5, 0.6) is 5.75 Å². The Labute approximate surface area is 322 Å². The van der Waals surface area contributed by atoms with Gasteiger partial charge in [-0.25, -0.2) is 4.79 Å². The number of halogens is 2. The summed E-state index contributed by atoms with van der Waals surface area (Å²) in [5.41, 5.74) is 6.15. The second-order valence-corrected chi connectivity index (χ2v) is 16.7. The summed E-state index contributed by atoms with van der Waals surface area (Å²) in [4.78, 5) is 40.1. The first kappa shape index (κ1) is 38.6. The minimum absolute atomic E-state index is 0.0475. The molecule has 0 unspecified atom stereocenters. The monoisotopic (exact) mass is 754 g/mol. The molecular formula is C44H52F2N4O5. The Morgan fingerprint density at radius 2 is 1.73 bits per heavy atom. The molecule has 3 aromatic rings. The van der Waals surface area contributed by atoms with E-state index in [-0.39, 0.29) is 47.6 Å². The van der Waals surface area contributed by atoms with Crippen LogP contribution >= 0.6 is 0 Å². The zero-order valence-corrected chi connectivity index (χ0v) is 32.9. The minimum atomic E-state index is -3.00. The molecular weight excluding hydrogens is 703 g/mol. The topological polar surface area (TPSA) is 93.0 Å². The highest BCUT2D eigenvalue weighted by atomic mass is 19.3. The fourth-order valence-corrected chi connectivity index (χ4v) is 8.43. The van der Waals surface area contributed by atoms with Gasteiger partial charge in [-0.05, 0) is 97.2 Å². The molecule has 7 rings (SSSR count). The number of methoxy groups -OCH3 is 1. The predicted molar refractivity (Wildman–Crippen MR) is 212 cm³/mol. The summed E-state index contributed by atoms with van der Waals surface area (Å²) in [7, 11) is 1.67. The SMILES string of the molecule is COC[C@H]1C[C@@H](C2=Nc3ccc4cc(-c5ccc(C6=CN=C([C@@H]7CCCN7C(=O)[C@@H](C)C(C)C)C6)cc5OC(F)F)ccc4c3C2)N(C(=O)OC(C)(C)C)C1. The van der Waals surface area contributed by atoms with Crippen LogP contribution in [0.4, 0.5) is 19.3 Å². The number of benzene rings is 3. The lowest BCUT2D eigenvalue weighted by Gasteiger charge is -2.29. The summed E-state index contributed by atoms with van der Waals surface area (Å²) in [6, 6.07) is 15.1. The van der Waals surface area contributed by atoms with Crippen LogP contribution in [0.2, 0.25) is 0 Å². The van der Waals surface area contributed by atoms with Crippen LogP contribution in [0.1, 0.15) is 78.4 Å². The lowest BCUT2D eigenvalue weighted by molar-refractivity contribution is -0.136. The van der Waals surface area contributed by atoms with Gasteiger partial charge >= 0.3 is 12.7 Å². The lowest BCUT2D eigenvalue weighted by atomic mass is 9.92. The number of nitrogens with zero attached hydrogens (tertiary/aromatic N) is 4. The van der Waals surface area contributed by atoms with E-state index in [0.717, 1.165) is 76.0 Å². The molecule has 4 aliphatic rings. The summed E-state index contributed by atoms with van der Waals surface area (Å²) in [6.07, 6.45) is 5.13. The van der Waals surface area contributed by atoms with Crippen molar-refractivity contribution < 1.29 is 32.6 Å². The normalized spacial score (nSPS) is 21.7. The van der Waals surface area contributed by atoms with Crippen LogP contribution in [0.3, 0.4) is 0 Å². The molecule has 0 aromatic heterocycles. The van der Waals surface area contributed by atoms with E-state index in [1.165, 1.54) is 0 Å². The number of carbonyl (C=O) groups is 2. The second-order valence-electron chi connectivity index (χ2n) is 16.7. The number of alkyl halides is 2. The van der Waals surface area contributed by atoms with Gasteiger partial charge in [0.15, 0.2) is 0 Å². The third kappa shape index (κ3) is 8.04. The molecule has 4 aliphatic heterocycles. The molecule has 4 heterocycles. The van der Waals surface area contributed by atoms with Gasteiger partial charge in [-0.3, -0.25) is 19.7 Å². The average Bonchev–Trinajstić information content (AvgIpc) is 3.95. The molecule has 9 nitrogen and oxygen atoms in total. The van der Waals surface area contributed by atoms with Crippen molar-refractivity contribution in [1.82, 2.24) is 9.80 Å². The minimum Gasteiger partial charge on any atom is -0.444 e. The number of hydrogen-bond acceptors (Lipinski definition) is 7. The molecule has 0 radical (unpaired) electrons. The fraction of sp³-hybridized carbons (Fsp3) is 0.500. The first-order valence-corrected chi connectivity index (χ1v) is 19.5. The van der Waals surface area contributed by atoms with E-state index in [1.807, 2.05) is 75.1 Å². The van der Waals surface area contributed by atoms with E-state index in [1.54, 1.807) is 24.3 Å². The van der Waals surface area contributed by atoms with Crippen molar-refractivity contribution in [2.45, 2.75) is 97.9 Å². The third-order valence-electron chi connectivity index (χ3n) is 11.5. The van der Waals surface area contributed by atoms with Crippen LogP contribution in [0, 0.1) is 17.8 Å². The van der Waals surface area contributed by atoms with Gasteiger partial charge in [-0.15, -0.1) is 0 Å². The molecule has 0 saturated carbocycles. The molecule has 55 heavy (non-hydrogen) atoms. The summed E-state index contributed by atoms with van der Waals surface area (Å²) in [6.45, 7) is 10.5. The maximum atomic E-state index is 13.9. The Balaban J connectivity index is 1.10. The lowest BCUT2D eigenvalue weighted by Crippen LogP contribution is -2.43. The predicted octanol–water partition coefficient (Wildman–Crippen LogP) is 9.48. The van der Waals surface area contributed by atoms with Crippen LogP contribution < -0.4 is 4.74 Å². The van der Waals surface area contributed by atoms with Crippen molar-refractivity contribution in [3.63, 3.8) is 0 Å². The molecule has 4 atom stereocenters. The third-order valence-corrected chi connectivity index (χ3v) is 11.5. The molecule has 2 amide bonds. The fourth-order valence-electron chi connectivity index (χ4n) is 8.43. The zero-order chi connectivity index (χ0) is 39.2. The number of likely N-dealkylation sites (tertiary alicyclic amines) is 2. The van der Waals surface area contributed by atoms with E-state index in [2.05, 4.69) is 13.8 Å². The van der Waals surface area contributed by atoms with Gasteiger partial charge in [0.2, 0.25) is 5.91 Å². The smallest absolute Gasteiger partial charge is 0.410 e. The van der Waals surface area contributed by atoms with Crippen molar-refractivity contribution in [3.8, 4) is 16.9 Å². The van der Waals surface area contributed by atoms with Crippen molar-refractivity contribution in [2.75, 3.05) is 26.8 Å². The van der Waals surface area contributed by atoms with Crippen molar-refractivity contribution in [1.29, 1.82) is 0 Å². The number of allylic oxidation sites excluding steroid dienone is 1. The molecule has 0 spiro atoms. The van der Waals surface area contributed by atoms with E-state index < -0.39 is 12.2 Å². The first-order valence-electron chi connectivity index (χ1n) is 19.5. The Hall–Kier alpha value is -4.64. The van der Waals surface area contributed by atoms with E-state index in [0.29, 0.717) is 31.6 Å². The van der Waals surface area contributed by atoms with Gasteiger partial charge in [-0.2, -0.15) is 8.78 Å². The quantitative estimate of drug-likeness (QED) is 0.206. The van der Waals surface area contributed by atoms with Crippen molar-refractivity contribution in [2.24, 2.45) is 27.7 Å². The van der Waals surface area contributed by atoms with Gasteiger partial charge in [-0.1, -0.05) is 51.1 Å². The van der Waals surface area contributed by atoms with E-state index >= 15 is 0 Å². The Kier molecular flexibility index (Phi) is 10.9. The molecule has 0 bridgehead atoms. The van der Waals surface area contributed by atoms with Crippen LogP contribution in [-0.2, 0) is 20.7 Å². The van der Waals surface area contributed by atoms with Gasteiger partial charge in [0, 0.05) is 68.1 Å². The second kappa shape index (κ2) is 15.5. The van der Waals surface area contributed by atoms with E-state index in [9.17, 15) is 18.4 Å². The highest BCUT2D eigenvalue weighted by Crippen LogP contribution is 2.41. The number of aliphatic imine (C=N–C) groups is 2. The average molecular weight is 755 g/mol. The van der Waals surface area contributed by atoms with Crippen LogP contribution in [0.15, 0.2) is 64.7 Å². The Morgan fingerprint density at radius 3 is 2.45 bits per heavy atom. The van der Waals surface area contributed by atoms with Crippen LogP contribution in [-0.4, -0.2) is 84.3 Å². The number of rotatable bonds is 10. The first-order chi connectivity index (χ1) is 26.2. The van der Waals surface area contributed by atoms with Crippen molar-refractivity contribution in [3.05, 3.63) is 65.9 Å². The standard InChI is InChI=1S/C44H52F2N4O5/c1-25(2)26(3)41(51)49-16-8-9-38(49)36-19-31(22-47-36)28-10-14-33(40(20-28)54-42(45)46)30-11-13-32-29(18-30)12-15-35-34(32)21-37(48-35)39-17-27(24-53-7)23-50(39)43(52)55-44(4,5)6/h10-15,18,20,22,25-27,38-39,42H,8-9,16-17,19,21,23-24H2,1-7H3/t26-,27-,38-,39-/m0/s1.